The maximum Gasteiger partial charge on any atom is 0.255 e. The van der Waals surface area contributed by atoms with E-state index in [4.69, 9.17) is 4.74 Å². The van der Waals surface area contributed by atoms with Gasteiger partial charge in [0.25, 0.3) is 5.91 Å². The van der Waals surface area contributed by atoms with Gasteiger partial charge in [0.2, 0.25) is 0 Å². The summed E-state index contributed by atoms with van der Waals surface area (Å²) < 4.78 is 4.97. The van der Waals surface area contributed by atoms with Gasteiger partial charge in [-0.05, 0) is 18.1 Å². The summed E-state index contributed by atoms with van der Waals surface area (Å²) in [5, 5.41) is 13.3. The number of nitrogens with one attached hydrogen (secondary N) is 1. The molecule has 18 heavy (non-hydrogen) atoms. The van der Waals surface area contributed by atoms with Crippen LogP contribution in [0.1, 0.15) is 24.2 Å². The molecular weight excluding hydrogens is 298 g/mol. The van der Waals surface area contributed by atoms with Crippen LogP contribution in [-0.2, 0) is 0 Å². The molecule has 0 spiro atoms. The normalized spacial score (nSPS) is 12.3. The third-order valence-electron chi connectivity index (χ3n) is 2.74. The molecule has 0 aromatic heterocycles. The SMILES string of the molecule is COc1ccc(C(=O)NC(CBr)C(C)C)c(O)c1. The van der Waals surface area contributed by atoms with Gasteiger partial charge in [0.05, 0.1) is 12.7 Å². The van der Waals surface area contributed by atoms with Crippen molar-refractivity contribution in [2.75, 3.05) is 12.4 Å². The van der Waals surface area contributed by atoms with Crippen molar-refractivity contribution in [3.8, 4) is 11.5 Å². The molecule has 1 amide bonds. The van der Waals surface area contributed by atoms with E-state index in [9.17, 15) is 9.90 Å². The molecular formula is C13H18BrNO3. The third kappa shape index (κ3) is 3.63. The summed E-state index contributed by atoms with van der Waals surface area (Å²) in [6.45, 7) is 4.06. The maximum atomic E-state index is 12.0. The van der Waals surface area contributed by atoms with Crippen LogP contribution in [-0.4, -0.2) is 29.5 Å². The first-order chi connectivity index (χ1) is 8.49. The van der Waals surface area contributed by atoms with E-state index in [1.807, 2.05) is 13.8 Å². The summed E-state index contributed by atoms with van der Waals surface area (Å²) in [4.78, 5) is 12.0. The highest BCUT2D eigenvalue weighted by Crippen LogP contribution is 2.23. The van der Waals surface area contributed by atoms with Crippen molar-refractivity contribution in [1.82, 2.24) is 5.32 Å². The molecule has 1 aromatic carbocycles. The number of benzene rings is 1. The van der Waals surface area contributed by atoms with E-state index in [0.717, 1.165) is 0 Å². The molecule has 5 heteroatoms. The number of halogens is 1. The van der Waals surface area contributed by atoms with E-state index in [0.29, 0.717) is 17.0 Å². The van der Waals surface area contributed by atoms with Gasteiger partial charge in [0, 0.05) is 17.4 Å². The number of aromatic hydroxyl groups is 1. The van der Waals surface area contributed by atoms with Crippen LogP contribution >= 0.6 is 15.9 Å². The molecule has 1 unspecified atom stereocenters. The molecule has 0 saturated carbocycles. The van der Waals surface area contributed by atoms with Crippen LogP contribution in [0.4, 0.5) is 0 Å². The first-order valence-corrected chi connectivity index (χ1v) is 6.85. The molecule has 0 fully saturated rings. The van der Waals surface area contributed by atoms with Gasteiger partial charge in [-0.15, -0.1) is 0 Å². The third-order valence-corrected chi connectivity index (χ3v) is 3.43. The van der Waals surface area contributed by atoms with E-state index in [2.05, 4.69) is 21.2 Å². The summed E-state index contributed by atoms with van der Waals surface area (Å²) in [5.41, 5.74) is 0.252. The number of amides is 1. The second kappa shape index (κ2) is 6.64. The van der Waals surface area contributed by atoms with Crippen molar-refractivity contribution >= 4 is 21.8 Å². The molecule has 0 aliphatic rings. The minimum atomic E-state index is -0.284. The highest BCUT2D eigenvalue weighted by atomic mass is 79.9. The topological polar surface area (TPSA) is 58.6 Å². The molecule has 0 aliphatic carbocycles. The molecule has 1 rings (SSSR count). The number of methoxy groups -OCH3 is 1. The van der Waals surface area contributed by atoms with Crippen molar-refractivity contribution in [2.24, 2.45) is 5.92 Å². The lowest BCUT2D eigenvalue weighted by molar-refractivity contribution is 0.0929. The van der Waals surface area contributed by atoms with Crippen molar-refractivity contribution in [2.45, 2.75) is 19.9 Å². The number of ether oxygens (including phenoxy) is 1. The summed E-state index contributed by atoms with van der Waals surface area (Å²) in [5.74, 6) is 0.468. The highest BCUT2D eigenvalue weighted by Gasteiger charge is 2.18. The van der Waals surface area contributed by atoms with Crippen molar-refractivity contribution < 1.29 is 14.6 Å². The Morgan fingerprint density at radius 3 is 2.61 bits per heavy atom. The molecule has 1 aromatic rings. The van der Waals surface area contributed by atoms with Gasteiger partial charge < -0.3 is 15.2 Å². The Morgan fingerprint density at radius 2 is 2.17 bits per heavy atom. The van der Waals surface area contributed by atoms with Gasteiger partial charge in [-0.25, -0.2) is 0 Å². The molecule has 0 bridgehead atoms. The van der Waals surface area contributed by atoms with Gasteiger partial charge in [0.1, 0.15) is 11.5 Å². The summed E-state index contributed by atoms with van der Waals surface area (Å²) >= 11 is 3.36. The zero-order valence-electron chi connectivity index (χ0n) is 10.7. The van der Waals surface area contributed by atoms with Crippen LogP contribution in [0.3, 0.4) is 0 Å². The molecule has 4 nitrogen and oxygen atoms in total. The zero-order chi connectivity index (χ0) is 13.7. The predicted molar refractivity (Wildman–Crippen MR) is 74.5 cm³/mol. The summed E-state index contributed by atoms with van der Waals surface area (Å²) in [6, 6.07) is 4.65. The van der Waals surface area contributed by atoms with E-state index in [1.54, 1.807) is 12.1 Å². The Morgan fingerprint density at radius 1 is 1.50 bits per heavy atom. The summed E-state index contributed by atoms with van der Waals surface area (Å²) in [6.07, 6.45) is 0. The predicted octanol–water partition coefficient (Wildman–Crippen LogP) is 2.55. The molecule has 0 heterocycles. The first kappa shape index (κ1) is 14.8. The van der Waals surface area contributed by atoms with Crippen LogP contribution in [0.5, 0.6) is 11.5 Å². The Hall–Kier alpha value is -1.23. The average molecular weight is 316 g/mol. The first-order valence-electron chi connectivity index (χ1n) is 5.73. The van der Waals surface area contributed by atoms with Gasteiger partial charge in [-0.1, -0.05) is 29.8 Å². The van der Waals surface area contributed by atoms with Crippen LogP contribution in [0, 0.1) is 5.92 Å². The number of rotatable bonds is 5. The lowest BCUT2D eigenvalue weighted by Crippen LogP contribution is -2.39. The maximum absolute atomic E-state index is 12.0. The Kier molecular flexibility index (Phi) is 5.47. The fraction of sp³-hybridized carbons (Fsp3) is 0.462. The number of alkyl halides is 1. The van der Waals surface area contributed by atoms with Gasteiger partial charge in [0.15, 0.2) is 0 Å². The Balaban J connectivity index is 2.84. The largest absolute Gasteiger partial charge is 0.507 e. The standard InChI is InChI=1S/C13H18BrNO3/c1-8(2)11(7-14)15-13(17)10-5-4-9(18-3)6-12(10)16/h4-6,8,11,16H,7H2,1-3H3,(H,15,17). The smallest absolute Gasteiger partial charge is 0.255 e. The fourth-order valence-corrected chi connectivity index (χ4v) is 2.37. The number of phenols is 1. The zero-order valence-corrected chi connectivity index (χ0v) is 12.3. The van der Waals surface area contributed by atoms with Gasteiger partial charge >= 0.3 is 0 Å². The second-order valence-corrected chi connectivity index (χ2v) is 5.01. The van der Waals surface area contributed by atoms with Gasteiger partial charge in [-0.2, -0.15) is 0 Å². The minimum Gasteiger partial charge on any atom is -0.507 e. The Labute approximate surface area is 115 Å². The van der Waals surface area contributed by atoms with Crippen LogP contribution < -0.4 is 10.1 Å². The van der Waals surface area contributed by atoms with E-state index in [-0.39, 0.29) is 23.3 Å². The fourth-order valence-electron chi connectivity index (χ4n) is 1.46. The molecule has 0 aliphatic heterocycles. The monoisotopic (exact) mass is 315 g/mol. The number of hydrogen-bond donors (Lipinski definition) is 2. The molecule has 100 valence electrons. The van der Waals surface area contributed by atoms with Crippen LogP contribution in [0.25, 0.3) is 0 Å². The number of hydrogen-bond acceptors (Lipinski definition) is 3. The minimum absolute atomic E-state index is 0.0269. The summed E-state index contributed by atoms with van der Waals surface area (Å²) in [7, 11) is 1.51. The molecule has 1 atom stereocenters. The average Bonchev–Trinajstić information content (AvgIpc) is 2.34. The second-order valence-electron chi connectivity index (χ2n) is 4.36. The number of carbonyl (C=O) groups is 1. The van der Waals surface area contributed by atoms with Crippen LogP contribution in [0.15, 0.2) is 18.2 Å². The number of phenolic OH excluding ortho intramolecular Hbond substituents is 1. The lowest BCUT2D eigenvalue weighted by atomic mass is 10.1. The molecule has 2 N–H and O–H groups in total. The van der Waals surface area contributed by atoms with Crippen molar-refractivity contribution in [1.29, 1.82) is 0 Å². The Bertz CT molecular complexity index is 421. The molecule has 0 radical (unpaired) electrons. The van der Waals surface area contributed by atoms with E-state index in [1.165, 1.54) is 13.2 Å². The van der Waals surface area contributed by atoms with Crippen molar-refractivity contribution in [3.05, 3.63) is 23.8 Å². The molecule has 0 saturated heterocycles. The highest BCUT2D eigenvalue weighted by molar-refractivity contribution is 9.09. The van der Waals surface area contributed by atoms with Crippen LogP contribution in [0.2, 0.25) is 0 Å². The van der Waals surface area contributed by atoms with E-state index >= 15 is 0 Å². The van der Waals surface area contributed by atoms with E-state index < -0.39 is 0 Å². The number of carbonyl (C=O) groups excluding carboxylic acids is 1. The van der Waals surface area contributed by atoms with Gasteiger partial charge in [-0.3, -0.25) is 4.79 Å². The van der Waals surface area contributed by atoms with Crippen molar-refractivity contribution in [3.63, 3.8) is 0 Å². The lowest BCUT2D eigenvalue weighted by Gasteiger charge is -2.20. The quantitative estimate of drug-likeness (QED) is 0.821.